The molecular formula is C21H34N6O6. The molecule has 0 aromatic carbocycles. The number of hydrogen-bond donors (Lipinski definition) is 2. The first kappa shape index (κ1) is 23.6. The third-order valence-corrected chi connectivity index (χ3v) is 7.12. The van der Waals surface area contributed by atoms with Gasteiger partial charge in [0, 0.05) is 52.4 Å². The van der Waals surface area contributed by atoms with Crippen LogP contribution in [0.2, 0.25) is 0 Å². The van der Waals surface area contributed by atoms with Crippen molar-refractivity contribution in [3.63, 3.8) is 0 Å². The number of cyclic esters (lactones) is 1. The van der Waals surface area contributed by atoms with E-state index in [1.165, 1.54) is 0 Å². The lowest BCUT2D eigenvalue weighted by molar-refractivity contribution is -0.137. The number of H-pyrrole nitrogens is 1. The summed E-state index contributed by atoms with van der Waals surface area (Å²) in [6, 6.07) is -0.00564. The van der Waals surface area contributed by atoms with Crippen molar-refractivity contribution >= 4 is 18.0 Å². The molecule has 1 aromatic rings. The van der Waals surface area contributed by atoms with Gasteiger partial charge in [-0.2, -0.15) is 0 Å². The highest BCUT2D eigenvalue weighted by molar-refractivity contribution is 5.70. The number of ether oxygens (including phenoxy) is 1. The van der Waals surface area contributed by atoms with Crippen LogP contribution in [0.25, 0.3) is 0 Å². The number of carbonyl (C=O) groups excluding carboxylic acids is 1. The molecule has 0 bridgehead atoms. The predicted molar refractivity (Wildman–Crippen MR) is 118 cm³/mol. The van der Waals surface area contributed by atoms with Crippen LogP contribution >= 0.6 is 0 Å². The molecule has 2 N–H and O–H groups in total. The number of anilines is 1. The zero-order valence-corrected chi connectivity index (χ0v) is 19.1. The summed E-state index contributed by atoms with van der Waals surface area (Å²) in [5.41, 5.74) is 0. The van der Waals surface area contributed by atoms with E-state index in [1.54, 1.807) is 0 Å². The number of rotatable bonds is 9. The summed E-state index contributed by atoms with van der Waals surface area (Å²) >= 11 is 0. The third-order valence-electron chi connectivity index (χ3n) is 7.12. The number of carboxylic acid groups (broad SMARTS) is 1. The molecule has 3 aliphatic heterocycles. The largest absolute Gasteiger partial charge is 0.481 e. The van der Waals surface area contributed by atoms with Crippen LogP contribution in [0.1, 0.15) is 39.0 Å². The lowest BCUT2D eigenvalue weighted by Crippen LogP contribution is -2.53. The molecular weight excluding hydrogens is 432 g/mol. The molecule has 33 heavy (non-hydrogen) atoms. The molecule has 3 fully saturated rings. The second-order valence-electron chi connectivity index (χ2n) is 9.22. The maximum absolute atomic E-state index is 12.5. The van der Waals surface area contributed by atoms with E-state index < -0.39 is 11.7 Å². The maximum Gasteiger partial charge on any atom is 0.440 e. The molecule has 4 heterocycles. The van der Waals surface area contributed by atoms with E-state index in [1.807, 2.05) is 16.7 Å². The summed E-state index contributed by atoms with van der Waals surface area (Å²) in [6.45, 7) is 8.06. The molecule has 12 heteroatoms. The van der Waals surface area contributed by atoms with E-state index >= 15 is 0 Å². The number of amides is 1. The number of piperidine rings is 1. The number of aromatic amines is 1. The highest BCUT2D eigenvalue weighted by Crippen LogP contribution is 2.27. The number of nitrogens with one attached hydrogen (secondary N) is 1. The quantitative estimate of drug-likeness (QED) is 0.533. The average Bonchev–Trinajstić information content (AvgIpc) is 3.36. The molecule has 4 rings (SSSR count). The second-order valence-corrected chi connectivity index (χ2v) is 9.22. The van der Waals surface area contributed by atoms with Gasteiger partial charge < -0.3 is 24.5 Å². The van der Waals surface area contributed by atoms with E-state index in [4.69, 9.17) is 9.84 Å². The SMILES string of the molecule is CC1C(N2CCN(CCC(=O)O)CC2)OC(=O)N1CCCC1CCN(c2noc(=O)[nH]2)CC1. The van der Waals surface area contributed by atoms with Gasteiger partial charge in [0.05, 0.1) is 12.5 Å². The summed E-state index contributed by atoms with van der Waals surface area (Å²) < 4.78 is 10.3. The molecule has 12 nitrogen and oxygen atoms in total. The van der Waals surface area contributed by atoms with Gasteiger partial charge in [0.2, 0.25) is 5.95 Å². The lowest BCUT2D eigenvalue weighted by Gasteiger charge is -2.38. The van der Waals surface area contributed by atoms with Crippen LogP contribution in [0.15, 0.2) is 9.32 Å². The zero-order valence-electron chi connectivity index (χ0n) is 19.1. The number of nitrogens with zero attached hydrogens (tertiary/aromatic N) is 5. The minimum atomic E-state index is -0.775. The fourth-order valence-corrected chi connectivity index (χ4v) is 5.10. The van der Waals surface area contributed by atoms with Crippen molar-refractivity contribution in [2.45, 2.75) is 51.3 Å². The summed E-state index contributed by atoms with van der Waals surface area (Å²) in [4.78, 5) is 45.2. The predicted octanol–water partition coefficient (Wildman–Crippen LogP) is 0.619. The second kappa shape index (κ2) is 10.6. The van der Waals surface area contributed by atoms with Crippen molar-refractivity contribution in [3.8, 4) is 0 Å². The molecule has 2 unspecified atom stereocenters. The molecule has 3 saturated heterocycles. The molecule has 2 atom stereocenters. The van der Waals surface area contributed by atoms with Crippen molar-refractivity contribution in [2.75, 3.05) is 57.3 Å². The number of carbonyl (C=O) groups is 2. The Labute approximate surface area is 192 Å². The Morgan fingerprint density at radius 2 is 1.85 bits per heavy atom. The number of hydrogen-bond acceptors (Lipinski definition) is 9. The van der Waals surface area contributed by atoms with Gasteiger partial charge >= 0.3 is 17.8 Å². The van der Waals surface area contributed by atoms with Gasteiger partial charge in [-0.1, -0.05) is 0 Å². The van der Waals surface area contributed by atoms with Crippen LogP contribution in [-0.2, 0) is 9.53 Å². The van der Waals surface area contributed by atoms with Gasteiger partial charge in [-0.25, -0.2) is 9.59 Å². The van der Waals surface area contributed by atoms with Gasteiger partial charge in [-0.05, 0) is 43.7 Å². The van der Waals surface area contributed by atoms with Crippen LogP contribution in [0, 0.1) is 5.92 Å². The number of piperazine rings is 1. The van der Waals surface area contributed by atoms with E-state index in [-0.39, 0.29) is 24.8 Å². The summed E-state index contributed by atoms with van der Waals surface area (Å²) in [5, 5.41) is 12.6. The molecule has 1 aromatic heterocycles. The van der Waals surface area contributed by atoms with E-state index in [9.17, 15) is 14.4 Å². The fourth-order valence-electron chi connectivity index (χ4n) is 5.10. The van der Waals surface area contributed by atoms with Crippen LogP contribution in [0.4, 0.5) is 10.7 Å². The molecule has 184 valence electrons. The molecule has 0 aliphatic carbocycles. The standard InChI is InChI=1S/C21H34N6O6/c1-15-18(25-13-11-24(12-14-25)8-6-17(28)29)32-21(31)27(15)7-2-3-16-4-9-26(10-5-16)19-22-20(30)33-23-19/h15-16,18H,2-14H2,1H3,(H,28,29)(H,22,23,30). The smallest absolute Gasteiger partial charge is 0.440 e. The van der Waals surface area contributed by atoms with E-state index in [2.05, 4.69) is 24.5 Å². The topological polar surface area (TPSA) is 135 Å². The molecule has 0 saturated carbocycles. The Balaban J connectivity index is 1.17. The van der Waals surface area contributed by atoms with Crippen molar-refractivity contribution in [1.29, 1.82) is 0 Å². The molecule has 0 spiro atoms. The Morgan fingerprint density at radius 1 is 1.12 bits per heavy atom. The van der Waals surface area contributed by atoms with Gasteiger partial charge in [-0.3, -0.25) is 19.2 Å². The monoisotopic (exact) mass is 466 g/mol. The minimum absolute atomic E-state index is 0.00564. The van der Waals surface area contributed by atoms with Gasteiger partial charge in [-0.15, -0.1) is 0 Å². The minimum Gasteiger partial charge on any atom is -0.481 e. The Kier molecular flexibility index (Phi) is 7.53. The highest BCUT2D eigenvalue weighted by Gasteiger charge is 2.42. The van der Waals surface area contributed by atoms with Crippen LogP contribution in [-0.4, -0.2) is 107 Å². The van der Waals surface area contributed by atoms with Crippen molar-refractivity contribution < 1.29 is 24.0 Å². The molecule has 0 radical (unpaired) electrons. The number of carboxylic acids is 1. The van der Waals surface area contributed by atoms with Crippen LogP contribution in [0.5, 0.6) is 0 Å². The van der Waals surface area contributed by atoms with Gasteiger partial charge in [0.1, 0.15) is 0 Å². The zero-order chi connectivity index (χ0) is 23.4. The highest BCUT2D eigenvalue weighted by atomic mass is 16.6. The first-order valence-corrected chi connectivity index (χ1v) is 11.9. The third kappa shape index (κ3) is 5.85. The molecule has 1 amide bonds. The summed E-state index contributed by atoms with van der Waals surface area (Å²) in [5.74, 6) is -0.218. The Hall–Kier alpha value is -2.60. The van der Waals surface area contributed by atoms with Gasteiger partial charge in [0.25, 0.3) is 0 Å². The number of aromatic nitrogens is 2. The summed E-state index contributed by atoms with van der Waals surface area (Å²) in [6.07, 6.45) is 3.68. The lowest BCUT2D eigenvalue weighted by atomic mass is 9.92. The first-order chi connectivity index (χ1) is 15.9. The fraction of sp³-hybridized carbons (Fsp3) is 0.810. The van der Waals surface area contributed by atoms with Crippen molar-refractivity contribution in [2.24, 2.45) is 5.92 Å². The van der Waals surface area contributed by atoms with Crippen LogP contribution < -0.4 is 10.7 Å². The normalized spacial score (nSPS) is 25.5. The van der Waals surface area contributed by atoms with Crippen molar-refractivity contribution in [3.05, 3.63) is 10.6 Å². The maximum atomic E-state index is 12.5. The Morgan fingerprint density at radius 3 is 2.48 bits per heavy atom. The van der Waals surface area contributed by atoms with E-state index in [0.29, 0.717) is 25.0 Å². The van der Waals surface area contributed by atoms with E-state index in [0.717, 1.165) is 65.0 Å². The van der Waals surface area contributed by atoms with Crippen molar-refractivity contribution in [1.82, 2.24) is 24.8 Å². The van der Waals surface area contributed by atoms with Crippen LogP contribution in [0.3, 0.4) is 0 Å². The summed E-state index contributed by atoms with van der Waals surface area (Å²) in [7, 11) is 0. The Bertz CT molecular complexity index is 857. The van der Waals surface area contributed by atoms with Gasteiger partial charge in [0.15, 0.2) is 6.23 Å². The number of aliphatic carboxylic acids is 1. The first-order valence-electron chi connectivity index (χ1n) is 11.9. The molecule has 3 aliphatic rings. The average molecular weight is 467 g/mol.